The Kier molecular flexibility index (Phi) is 4.09. The Morgan fingerprint density at radius 3 is 2.89 bits per heavy atom. The fourth-order valence-electron chi connectivity index (χ4n) is 2.20. The number of benzene rings is 1. The van der Waals surface area contributed by atoms with Crippen molar-refractivity contribution in [3.63, 3.8) is 0 Å². The number of ether oxygens (including phenoxy) is 1. The second kappa shape index (κ2) is 5.59. The lowest BCUT2D eigenvalue weighted by atomic mass is 9.95. The molecule has 1 saturated carbocycles. The molecule has 18 heavy (non-hydrogen) atoms. The predicted molar refractivity (Wildman–Crippen MR) is 68.9 cm³/mol. The van der Waals surface area contributed by atoms with E-state index in [1.54, 1.807) is 12.1 Å². The molecule has 1 aromatic carbocycles. The highest BCUT2D eigenvalue weighted by Gasteiger charge is 2.23. The molecule has 5 heteroatoms. The average Bonchev–Trinajstić information content (AvgIpc) is 2.31. The van der Waals surface area contributed by atoms with Crippen LogP contribution in [-0.2, 0) is 0 Å². The van der Waals surface area contributed by atoms with E-state index in [2.05, 4.69) is 0 Å². The van der Waals surface area contributed by atoms with E-state index in [9.17, 15) is 9.90 Å². The molecular weight excluding hydrogens is 254 g/mol. The second-order valence-corrected chi connectivity index (χ2v) is 5.00. The molecule has 1 aliphatic carbocycles. The van der Waals surface area contributed by atoms with Crippen LogP contribution < -0.4 is 10.5 Å². The Morgan fingerprint density at radius 1 is 1.44 bits per heavy atom. The lowest BCUT2D eigenvalue weighted by Crippen LogP contribution is -2.29. The molecule has 0 heterocycles. The van der Waals surface area contributed by atoms with Crippen molar-refractivity contribution in [1.29, 1.82) is 0 Å². The molecule has 1 aliphatic rings. The fraction of sp³-hybridized carbons (Fsp3) is 0.462. The van der Waals surface area contributed by atoms with Crippen molar-refractivity contribution in [2.24, 2.45) is 5.73 Å². The molecule has 3 N–H and O–H groups in total. The average molecular weight is 270 g/mol. The Balaban J connectivity index is 2.15. The van der Waals surface area contributed by atoms with Crippen LogP contribution in [0.5, 0.6) is 5.75 Å². The first-order valence-electron chi connectivity index (χ1n) is 6.00. The third-order valence-corrected chi connectivity index (χ3v) is 3.33. The van der Waals surface area contributed by atoms with Gasteiger partial charge in [-0.2, -0.15) is 0 Å². The topological polar surface area (TPSA) is 72.6 Å². The van der Waals surface area contributed by atoms with Crippen molar-refractivity contribution >= 4 is 17.5 Å². The summed E-state index contributed by atoms with van der Waals surface area (Å²) in [7, 11) is 0. The van der Waals surface area contributed by atoms with Crippen LogP contribution in [0.25, 0.3) is 0 Å². The molecule has 1 fully saturated rings. The van der Waals surface area contributed by atoms with Gasteiger partial charge in [0.15, 0.2) is 0 Å². The lowest BCUT2D eigenvalue weighted by molar-refractivity contribution is 0.0531. The fourth-order valence-corrected chi connectivity index (χ4v) is 2.38. The van der Waals surface area contributed by atoms with Crippen LogP contribution in [0.4, 0.5) is 0 Å². The summed E-state index contributed by atoms with van der Waals surface area (Å²) in [6.07, 6.45) is 2.79. The zero-order chi connectivity index (χ0) is 13.1. The first-order chi connectivity index (χ1) is 8.56. The summed E-state index contributed by atoms with van der Waals surface area (Å²) < 4.78 is 5.75. The summed E-state index contributed by atoms with van der Waals surface area (Å²) in [6.45, 7) is 0. The molecule has 98 valence electrons. The van der Waals surface area contributed by atoms with Crippen molar-refractivity contribution < 1.29 is 14.6 Å². The zero-order valence-corrected chi connectivity index (χ0v) is 10.7. The molecule has 0 aliphatic heterocycles. The van der Waals surface area contributed by atoms with Crippen LogP contribution in [0.2, 0.25) is 5.02 Å². The summed E-state index contributed by atoms with van der Waals surface area (Å²) in [4.78, 5) is 11.3. The molecule has 1 aromatic rings. The van der Waals surface area contributed by atoms with Gasteiger partial charge in [0.25, 0.3) is 5.91 Å². The molecule has 0 radical (unpaired) electrons. The monoisotopic (exact) mass is 269 g/mol. The van der Waals surface area contributed by atoms with E-state index in [0.29, 0.717) is 17.2 Å². The van der Waals surface area contributed by atoms with Crippen LogP contribution in [0.15, 0.2) is 18.2 Å². The molecule has 0 spiro atoms. The highest BCUT2D eigenvalue weighted by molar-refractivity contribution is 6.31. The maximum absolute atomic E-state index is 11.3. The third-order valence-electron chi connectivity index (χ3n) is 3.10. The number of hydrogen-bond acceptors (Lipinski definition) is 3. The summed E-state index contributed by atoms with van der Waals surface area (Å²) in [5.41, 5.74) is 5.57. The van der Waals surface area contributed by atoms with E-state index < -0.39 is 5.91 Å². The van der Waals surface area contributed by atoms with Gasteiger partial charge in [-0.15, -0.1) is 0 Å². The highest BCUT2D eigenvalue weighted by atomic mass is 35.5. The molecule has 1 amide bonds. The van der Waals surface area contributed by atoms with Gasteiger partial charge in [-0.25, -0.2) is 0 Å². The third kappa shape index (κ3) is 3.15. The van der Waals surface area contributed by atoms with Gasteiger partial charge in [-0.1, -0.05) is 11.6 Å². The first-order valence-corrected chi connectivity index (χ1v) is 6.38. The van der Waals surface area contributed by atoms with Crippen LogP contribution in [0.1, 0.15) is 36.0 Å². The number of rotatable bonds is 3. The minimum atomic E-state index is -0.566. The van der Waals surface area contributed by atoms with Crippen molar-refractivity contribution in [3.8, 4) is 5.75 Å². The molecule has 0 bridgehead atoms. The second-order valence-electron chi connectivity index (χ2n) is 4.57. The standard InChI is InChI=1S/C13H16ClNO3/c14-8-4-5-12(11(6-8)13(15)17)18-10-3-1-2-9(16)7-10/h4-6,9-10,16H,1-3,7H2,(H2,15,17). The Hall–Kier alpha value is -1.26. The number of hydrogen-bond donors (Lipinski definition) is 2. The normalized spacial score (nSPS) is 23.7. The summed E-state index contributed by atoms with van der Waals surface area (Å²) >= 11 is 5.82. The van der Waals surface area contributed by atoms with E-state index in [4.69, 9.17) is 22.1 Å². The van der Waals surface area contributed by atoms with Gasteiger partial charge in [-0.3, -0.25) is 4.79 Å². The number of aliphatic hydroxyl groups is 1. The first kappa shape index (κ1) is 13.2. The van der Waals surface area contributed by atoms with Crippen molar-refractivity contribution in [1.82, 2.24) is 0 Å². The van der Waals surface area contributed by atoms with Crippen LogP contribution in [-0.4, -0.2) is 23.2 Å². The number of halogens is 1. The minimum absolute atomic E-state index is 0.0759. The predicted octanol–water partition coefficient (Wildman–Crippen LogP) is 2.12. The van der Waals surface area contributed by atoms with Crippen LogP contribution >= 0.6 is 11.6 Å². The molecular formula is C13H16ClNO3. The number of aliphatic hydroxyl groups excluding tert-OH is 1. The van der Waals surface area contributed by atoms with E-state index in [1.165, 1.54) is 6.07 Å². The highest BCUT2D eigenvalue weighted by Crippen LogP contribution is 2.28. The van der Waals surface area contributed by atoms with Gasteiger partial charge >= 0.3 is 0 Å². The smallest absolute Gasteiger partial charge is 0.252 e. The van der Waals surface area contributed by atoms with Gasteiger partial charge in [0.05, 0.1) is 11.7 Å². The van der Waals surface area contributed by atoms with Gasteiger partial charge in [0, 0.05) is 11.4 Å². The van der Waals surface area contributed by atoms with Crippen LogP contribution in [0.3, 0.4) is 0 Å². The molecule has 2 rings (SSSR count). The number of primary amides is 1. The molecule has 0 saturated heterocycles. The molecule has 0 aromatic heterocycles. The number of carbonyl (C=O) groups excluding carboxylic acids is 1. The molecule has 4 nitrogen and oxygen atoms in total. The van der Waals surface area contributed by atoms with Gasteiger partial charge in [-0.05, 0) is 37.5 Å². The van der Waals surface area contributed by atoms with Gasteiger partial charge < -0.3 is 15.6 Å². The SMILES string of the molecule is NC(=O)c1cc(Cl)ccc1OC1CCCC(O)C1. The Morgan fingerprint density at radius 2 is 2.22 bits per heavy atom. The Bertz CT molecular complexity index is 450. The number of carbonyl (C=O) groups is 1. The quantitative estimate of drug-likeness (QED) is 0.883. The van der Waals surface area contributed by atoms with Crippen molar-refractivity contribution in [2.75, 3.05) is 0 Å². The summed E-state index contributed by atoms with van der Waals surface area (Å²) in [5, 5.41) is 10.0. The van der Waals surface area contributed by atoms with Crippen molar-refractivity contribution in [3.05, 3.63) is 28.8 Å². The molecule has 2 atom stereocenters. The lowest BCUT2D eigenvalue weighted by Gasteiger charge is -2.27. The van der Waals surface area contributed by atoms with E-state index in [0.717, 1.165) is 19.3 Å². The maximum Gasteiger partial charge on any atom is 0.252 e. The largest absolute Gasteiger partial charge is 0.489 e. The van der Waals surface area contributed by atoms with E-state index >= 15 is 0 Å². The van der Waals surface area contributed by atoms with Crippen LogP contribution in [0, 0.1) is 0 Å². The number of nitrogens with two attached hydrogens (primary N) is 1. The summed E-state index contributed by atoms with van der Waals surface area (Å²) in [6, 6.07) is 4.80. The Labute approximate surface area is 111 Å². The van der Waals surface area contributed by atoms with E-state index in [1.807, 2.05) is 0 Å². The minimum Gasteiger partial charge on any atom is -0.489 e. The van der Waals surface area contributed by atoms with Gasteiger partial charge in [0.2, 0.25) is 0 Å². The van der Waals surface area contributed by atoms with Crippen molar-refractivity contribution in [2.45, 2.75) is 37.9 Å². The summed E-state index contributed by atoms with van der Waals surface area (Å²) in [5.74, 6) is -0.130. The zero-order valence-electron chi connectivity index (χ0n) is 9.93. The molecule has 2 unspecified atom stereocenters. The van der Waals surface area contributed by atoms with E-state index in [-0.39, 0.29) is 17.8 Å². The maximum atomic E-state index is 11.3. The number of amides is 1. The van der Waals surface area contributed by atoms with Gasteiger partial charge in [0.1, 0.15) is 11.9 Å².